The molecule has 2 spiro atoms. The summed E-state index contributed by atoms with van der Waals surface area (Å²) in [6.45, 7) is 3.51. The van der Waals surface area contributed by atoms with Gasteiger partial charge in [0.05, 0.1) is 5.60 Å². The van der Waals surface area contributed by atoms with Gasteiger partial charge in [-0.05, 0) is 32.1 Å². The van der Waals surface area contributed by atoms with Crippen molar-refractivity contribution in [1.82, 2.24) is 5.32 Å². The highest BCUT2D eigenvalue weighted by Crippen LogP contribution is 2.56. The molecular formula is C10H18ClNO. The van der Waals surface area contributed by atoms with Crippen LogP contribution in [0.2, 0.25) is 0 Å². The van der Waals surface area contributed by atoms with Crippen molar-refractivity contribution in [3.63, 3.8) is 0 Å². The molecule has 0 unspecified atom stereocenters. The third kappa shape index (κ3) is 1.39. The van der Waals surface area contributed by atoms with Crippen LogP contribution < -0.4 is 5.32 Å². The molecule has 76 valence electrons. The van der Waals surface area contributed by atoms with Crippen LogP contribution in [0.25, 0.3) is 0 Å². The maximum atomic E-state index is 5.90. The lowest BCUT2D eigenvalue weighted by molar-refractivity contribution is -0.203. The molecule has 0 amide bonds. The molecule has 3 aliphatic rings. The van der Waals surface area contributed by atoms with Crippen molar-refractivity contribution in [2.24, 2.45) is 5.41 Å². The van der Waals surface area contributed by atoms with Gasteiger partial charge in [0.2, 0.25) is 0 Å². The summed E-state index contributed by atoms with van der Waals surface area (Å²) in [5, 5.41) is 3.37. The standard InChI is InChI=1S/C10H17NO.ClH/c1-2-4-12-10(3-1)5-9(6-10)7-11-8-9;/h11H,1-8H2;1H. The normalized spacial score (nSPS) is 33.2. The van der Waals surface area contributed by atoms with E-state index in [1.165, 1.54) is 45.2 Å². The number of rotatable bonds is 0. The van der Waals surface area contributed by atoms with Crippen molar-refractivity contribution >= 4 is 12.4 Å². The van der Waals surface area contributed by atoms with Crippen molar-refractivity contribution < 1.29 is 4.74 Å². The molecule has 0 bridgehead atoms. The van der Waals surface area contributed by atoms with Gasteiger partial charge in [-0.2, -0.15) is 0 Å². The zero-order chi connectivity index (χ0) is 8.07. The Balaban J connectivity index is 0.000000653. The van der Waals surface area contributed by atoms with Gasteiger partial charge in [-0.15, -0.1) is 12.4 Å². The van der Waals surface area contributed by atoms with Gasteiger partial charge in [0.1, 0.15) is 0 Å². The molecule has 3 heteroatoms. The number of halogens is 1. The van der Waals surface area contributed by atoms with E-state index in [0.29, 0.717) is 11.0 Å². The van der Waals surface area contributed by atoms with Crippen molar-refractivity contribution in [1.29, 1.82) is 0 Å². The van der Waals surface area contributed by atoms with Crippen LogP contribution in [0.5, 0.6) is 0 Å². The molecule has 1 aliphatic carbocycles. The van der Waals surface area contributed by atoms with Crippen molar-refractivity contribution in [3.8, 4) is 0 Å². The summed E-state index contributed by atoms with van der Waals surface area (Å²) < 4.78 is 5.90. The molecule has 1 saturated carbocycles. The van der Waals surface area contributed by atoms with Crippen LogP contribution in [-0.2, 0) is 4.74 Å². The molecular weight excluding hydrogens is 186 g/mol. The highest BCUT2D eigenvalue weighted by Gasteiger charge is 2.58. The molecule has 3 fully saturated rings. The van der Waals surface area contributed by atoms with E-state index in [9.17, 15) is 0 Å². The Bertz CT molecular complexity index is 187. The minimum absolute atomic E-state index is 0. The fourth-order valence-corrected chi connectivity index (χ4v) is 3.23. The van der Waals surface area contributed by atoms with Crippen LogP contribution >= 0.6 is 12.4 Å². The molecule has 0 atom stereocenters. The Kier molecular flexibility index (Phi) is 2.33. The van der Waals surface area contributed by atoms with Crippen LogP contribution in [0, 0.1) is 5.41 Å². The van der Waals surface area contributed by atoms with Gasteiger partial charge < -0.3 is 10.1 Å². The van der Waals surface area contributed by atoms with E-state index in [-0.39, 0.29) is 12.4 Å². The molecule has 13 heavy (non-hydrogen) atoms. The number of hydrogen-bond acceptors (Lipinski definition) is 2. The van der Waals surface area contributed by atoms with Gasteiger partial charge in [0.25, 0.3) is 0 Å². The van der Waals surface area contributed by atoms with Gasteiger partial charge in [-0.1, -0.05) is 0 Å². The van der Waals surface area contributed by atoms with E-state index in [2.05, 4.69) is 5.32 Å². The van der Waals surface area contributed by atoms with Crippen molar-refractivity contribution in [3.05, 3.63) is 0 Å². The maximum absolute atomic E-state index is 5.90. The molecule has 0 aromatic heterocycles. The van der Waals surface area contributed by atoms with Gasteiger partial charge in [0, 0.05) is 25.1 Å². The second kappa shape index (κ2) is 3.11. The largest absolute Gasteiger partial charge is 0.375 e. The highest BCUT2D eigenvalue weighted by atomic mass is 35.5. The summed E-state index contributed by atoms with van der Waals surface area (Å²) in [5.74, 6) is 0. The van der Waals surface area contributed by atoms with E-state index in [1.807, 2.05) is 0 Å². The minimum atomic E-state index is 0. The van der Waals surface area contributed by atoms with E-state index in [4.69, 9.17) is 4.74 Å². The molecule has 3 rings (SSSR count). The molecule has 1 N–H and O–H groups in total. The first-order valence-electron chi connectivity index (χ1n) is 5.17. The average molecular weight is 204 g/mol. The molecule has 0 aromatic carbocycles. The lowest BCUT2D eigenvalue weighted by Gasteiger charge is -2.61. The van der Waals surface area contributed by atoms with E-state index < -0.39 is 0 Å². The molecule has 2 saturated heterocycles. The molecule has 2 heterocycles. The summed E-state index contributed by atoms with van der Waals surface area (Å²) >= 11 is 0. The number of ether oxygens (including phenoxy) is 1. The Morgan fingerprint density at radius 3 is 2.31 bits per heavy atom. The van der Waals surface area contributed by atoms with Crippen LogP contribution in [0.1, 0.15) is 32.1 Å². The Morgan fingerprint density at radius 1 is 1.08 bits per heavy atom. The van der Waals surface area contributed by atoms with Crippen LogP contribution in [0.15, 0.2) is 0 Å². The fraction of sp³-hybridized carbons (Fsp3) is 1.00. The van der Waals surface area contributed by atoms with E-state index >= 15 is 0 Å². The second-order valence-electron chi connectivity index (χ2n) is 4.95. The number of hydrogen-bond donors (Lipinski definition) is 1. The number of nitrogens with one attached hydrogen (secondary N) is 1. The van der Waals surface area contributed by atoms with Gasteiger partial charge in [-0.25, -0.2) is 0 Å². The first kappa shape index (κ1) is 9.75. The summed E-state index contributed by atoms with van der Waals surface area (Å²) in [4.78, 5) is 0. The minimum Gasteiger partial charge on any atom is -0.375 e. The first-order valence-corrected chi connectivity index (χ1v) is 5.17. The van der Waals surface area contributed by atoms with Crippen LogP contribution in [0.3, 0.4) is 0 Å². The monoisotopic (exact) mass is 203 g/mol. The van der Waals surface area contributed by atoms with Gasteiger partial charge in [-0.3, -0.25) is 0 Å². The third-order valence-corrected chi connectivity index (χ3v) is 3.83. The average Bonchev–Trinajstić information content (AvgIpc) is 1.98. The Hall–Kier alpha value is 0.210. The SMILES string of the molecule is C1CCC2(CC3(CNC3)C2)OC1.Cl. The maximum Gasteiger partial charge on any atom is 0.0695 e. The Morgan fingerprint density at radius 2 is 1.85 bits per heavy atom. The molecule has 2 aliphatic heterocycles. The van der Waals surface area contributed by atoms with E-state index in [0.717, 1.165) is 6.61 Å². The summed E-state index contributed by atoms with van der Waals surface area (Å²) in [6, 6.07) is 0. The molecule has 0 radical (unpaired) electrons. The van der Waals surface area contributed by atoms with Gasteiger partial charge >= 0.3 is 0 Å². The van der Waals surface area contributed by atoms with Crippen molar-refractivity contribution in [2.45, 2.75) is 37.7 Å². The lowest BCUT2D eigenvalue weighted by atomic mass is 9.54. The fourth-order valence-electron chi connectivity index (χ4n) is 3.23. The summed E-state index contributed by atoms with van der Waals surface area (Å²) in [7, 11) is 0. The van der Waals surface area contributed by atoms with Crippen LogP contribution in [-0.4, -0.2) is 25.3 Å². The molecule has 0 aromatic rings. The molecule has 2 nitrogen and oxygen atoms in total. The Labute approximate surface area is 85.8 Å². The smallest absolute Gasteiger partial charge is 0.0695 e. The predicted octanol–water partition coefficient (Wildman–Crippen LogP) is 1.73. The zero-order valence-electron chi connectivity index (χ0n) is 7.97. The zero-order valence-corrected chi connectivity index (χ0v) is 8.79. The highest BCUT2D eigenvalue weighted by molar-refractivity contribution is 5.85. The van der Waals surface area contributed by atoms with Crippen LogP contribution in [0.4, 0.5) is 0 Å². The van der Waals surface area contributed by atoms with E-state index in [1.54, 1.807) is 0 Å². The second-order valence-corrected chi connectivity index (χ2v) is 4.95. The summed E-state index contributed by atoms with van der Waals surface area (Å²) in [5.41, 5.74) is 1.03. The lowest BCUT2D eigenvalue weighted by Crippen LogP contribution is -2.67. The third-order valence-electron chi connectivity index (χ3n) is 3.83. The first-order chi connectivity index (χ1) is 5.83. The van der Waals surface area contributed by atoms with Gasteiger partial charge in [0.15, 0.2) is 0 Å². The quantitative estimate of drug-likeness (QED) is 0.648. The topological polar surface area (TPSA) is 21.3 Å². The van der Waals surface area contributed by atoms with Crippen molar-refractivity contribution in [2.75, 3.05) is 19.7 Å². The summed E-state index contributed by atoms with van der Waals surface area (Å²) in [6.07, 6.45) is 6.69. The predicted molar refractivity (Wildman–Crippen MR) is 54.3 cm³/mol.